The van der Waals surface area contributed by atoms with Gasteiger partial charge >= 0.3 is 0 Å². The van der Waals surface area contributed by atoms with Crippen molar-refractivity contribution < 1.29 is 0 Å². The number of pyridine rings is 1. The predicted octanol–water partition coefficient (Wildman–Crippen LogP) is 3.93. The quantitative estimate of drug-likeness (QED) is 0.849. The minimum atomic E-state index is 0.557. The number of aromatic nitrogens is 4. The fourth-order valence-electron chi connectivity index (χ4n) is 2.58. The van der Waals surface area contributed by atoms with Crippen molar-refractivity contribution in [1.82, 2.24) is 19.7 Å². The lowest BCUT2D eigenvalue weighted by Gasteiger charge is -2.25. The Morgan fingerprint density at radius 1 is 1.20 bits per heavy atom. The molecule has 2 heterocycles. The highest BCUT2D eigenvalue weighted by molar-refractivity contribution is 7.71. The Morgan fingerprint density at radius 2 is 1.90 bits per heavy atom. The van der Waals surface area contributed by atoms with Crippen LogP contribution in [0.15, 0.2) is 24.4 Å². The third-order valence-electron chi connectivity index (χ3n) is 3.76. The molecule has 2 aromatic rings. The molecule has 1 N–H and O–H groups in total. The molecule has 0 saturated heterocycles. The molecule has 0 aliphatic heterocycles. The smallest absolute Gasteiger partial charge is 0.195 e. The summed E-state index contributed by atoms with van der Waals surface area (Å²) >= 11 is 5.38. The Hall–Kier alpha value is -1.49. The Bertz CT molecular complexity index is 590. The molecule has 0 aliphatic carbocycles. The molecule has 0 bridgehead atoms. The van der Waals surface area contributed by atoms with Crippen LogP contribution in [-0.4, -0.2) is 19.7 Å². The van der Waals surface area contributed by atoms with Crippen LogP contribution in [-0.2, 0) is 6.54 Å². The molecule has 0 aromatic carbocycles. The third kappa shape index (κ3) is 3.15. The van der Waals surface area contributed by atoms with Gasteiger partial charge in [0.25, 0.3) is 0 Å². The van der Waals surface area contributed by atoms with E-state index in [1.165, 1.54) is 0 Å². The van der Waals surface area contributed by atoms with Gasteiger partial charge < -0.3 is 0 Å². The van der Waals surface area contributed by atoms with E-state index in [0.29, 0.717) is 22.5 Å². The summed E-state index contributed by atoms with van der Waals surface area (Å²) in [6.45, 7) is 9.91. The molecule has 2 aromatic heterocycles. The minimum absolute atomic E-state index is 0.557. The zero-order chi connectivity index (χ0) is 14.7. The molecule has 5 heteroatoms. The molecule has 108 valence electrons. The van der Waals surface area contributed by atoms with E-state index in [1.807, 2.05) is 18.2 Å². The molecule has 0 radical (unpaired) electrons. The minimum Gasteiger partial charge on any atom is -0.299 e. The summed E-state index contributed by atoms with van der Waals surface area (Å²) in [6, 6.07) is 5.83. The second kappa shape index (κ2) is 6.31. The van der Waals surface area contributed by atoms with E-state index in [9.17, 15) is 0 Å². The maximum absolute atomic E-state index is 5.38. The number of rotatable bonds is 5. The lowest BCUT2D eigenvalue weighted by Crippen LogP contribution is -2.22. The van der Waals surface area contributed by atoms with Crippen LogP contribution in [0.4, 0.5) is 0 Å². The number of hydrogen-bond donors (Lipinski definition) is 1. The largest absolute Gasteiger partial charge is 0.299 e. The molecule has 0 unspecified atom stereocenters. The van der Waals surface area contributed by atoms with Crippen LogP contribution in [0, 0.1) is 22.5 Å². The van der Waals surface area contributed by atoms with Crippen molar-refractivity contribution in [1.29, 1.82) is 0 Å². The summed E-state index contributed by atoms with van der Waals surface area (Å²) < 4.78 is 2.74. The zero-order valence-electron chi connectivity index (χ0n) is 12.5. The molecule has 0 spiro atoms. The highest BCUT2D eigenvalue weighted by atomic mass is 32.1. The van der Waals surface area contributed by atoms with Crippen molar-refractivity contribution in [3.63, 3.8) is 0 Å². The van der Waals surface area contributed by atoms with Gasteiger partial charge in [-0.3, -0.25) is 14.6 Å². The van der Waals surface area contributed by atoms with E-state index in [4.69, 9.17) is 12.2 Å². The Morgan fingerprint density at radius 3 is 2.45 bits per heavy atom. The van der Waals surface area contributed by atoms with Crippen LogP contribution in [0.1, 0.15) is 27.7 Å². The second-order valence-corrected chi connectivity index (χ2v) is 6.22. The highest BCUT2D eigenvalue weighted by Gasteiger charge is 2.21. The standard InChI is InChI=1S/C15H22N4S/c1-10(2)12(11(3)4)9-19-14(17-18-15(19)20)13-7-5-6-8-16-13/h5-8,10-12H,9H2,1-4H3,(H,18,20). The van der Waals surface area contributed by atoms with Gasteiger partial charge in [-0.05, 0) is 42.1 Å². The molecule has 0 amide bonds. The van der Waals surface area contributed by atoms with Crippen LogP contribution in [0.2, 0.25) is 0 Å². The number of nitrogens with one attached hydrogen (secondary N) is 1. The summed E-state index contributed by atoms with van der Waals surface area (Å²) in [5.41, 5.74) is 0.853. The topological polar surface area (TPSA) is 46.5 Å². The first kappa shape index (κ1) is 14.9. The number of H-pyrrole nitrogens is 1. The van der Waals surface area contributed by atoms with Gasteiger partial charge in [0.1, 0.15) is 5.69 Å². The summed E-state index contributed by atoms with van der Waals surface area (Å²) in [4.78, 5) is 4.37. The third-order valence-corrected chi connectivity index (χ3v) is 4.07. The van der Waals surface area contributed by atoms with E-state index in [-0.39, 0.29) is 0 Å². The molecule has 0 aliphatic rings. The van der Waals surface area contributed by atoms with E-state index in [1.54, 1.807) is 6.20 Å². The van der Waals surface area contributed by atoms with Crippen molar-refractivity contribution in [3.8, 4) is 11.5 Å². The number of nitrogens with zero attached hydrogens (tertiary/aromatic N) is 3. The molecule has 20 heavy (non-hydrogen) atoms. The Balaban J connectivity index is 2.38. The highest BCUT2D eigenvalue weighted by Crippen LogP contribution is 2.25. The van der Waals surface area contributed by atoms with E-state index < -0.39 is 0 Å². The maximum Gasteiger partial charge on any atom is 0.195 e. The van der Waals surface area contributed by atoms with Gasteiger partial charge in [-0.25, -0.2) is 0 Å². The van der Waals surface area contributed by atoms with Crippen LogP contribution < -0.4 is 0 Å². The van der Waals surface area contributed by atoms with Crippen LogP contribution in [0.5, 0.6) is 0 Å². The predicted molar refractivity (Wildman–Crippen MR) is 83.8 cm³/mol. The molecular weight excluding hydrogens is 268 g/mol. The summed E-state index contributed by atoms with van der Waals surface area (Å²) in [7, 11) is 0. The molecular formula is C15H22N4S. The Labute approximate surface area is 125 Å². The summed E-state index contributed by atoms with van der Waals surface area (Å²) in [5.74, 6) is 2.58. The van der Waals surface area contributed by atoms with Crippen molar-refractivity contribution >= 4 is 12.2 Å². The first-order valence-electron chi connectivity index (χ1n) is 7.07. The van der Waals surface area contributed by atoms with Crippen LogP contribution >= 0.6 is 12.2 Å². The molecule has 0 fully saturated rings. The fourth-order valence-corrected chi connectivity index (χ4v) is 2.79. The fraction of sp³-hybridized carbons (Fsp3) is 0.533. The van der Waals surface area contributed by atoms with Gasteiger partial charge in [0.2, 0.25) is 0 Å². The van der Waals surface area contributed by atoms with Gasteiger partial charge in [0.05, 0.1) is 0 Å². The van der Waals surface area contributed by atoms with Gasteiger partial charge in [-0.15, -0.1) is 0 Å². The first-order valence-corrected chi connectivity index (χ1v) is 7.48. The maximum atomic E-state index is 5.38. The van der Waals surface area contributed by atoms with Gasteiger partial charge in [-0.2, -0.15) is 5.10 Å². The monoisotopic (exact) mass is 290 g/mol. The van der Waals surface area contributed by atoms with Crippen molar-refractivity contribution in [2.75, 3.05) is 0 Å². The van der Waals surface area contributed by atoms with Crippen LogP contribution in [0.3, 0.4) is 0 Å². The zero-order valence-corrected chi connectivity index (χ0v) is 13.3. The molecule has 2 rings (SSSR count). The Kier molecular flexibility index (Phi) is 4.70. The summed E-state index contributed by atoms with van der Waals surface area (Å²) in [6.07, 6.45) is 1.78. The van der Waals surface area contributed by atoms with Crippen molar-refractivity contribution in [3.05, 3.63) is 29.2 Å². The van der Waals surface area contributed by atoms with Crippen molar-refractivity contribution in [2.24, 2.45) is 17.8 Å². The number of hydrogen-bond acceptors (Lipinski definition) is 3. The van der Waals surface area contributed by atoms with Crippen LogP contribution in [0.25, 0.3) is 11.5 Å². The second-order valence-electron chi connectivity index (χ2n) is 5.83. The molecule has 0 atom stereocenters. The average Bonchev–Trinajstić information content (AvgIpc) is 2.77. The molecule has 0 saturated carbocycles. The number of aromatic amines is 1. The SMILES string of the molecule is CC(C)C(Cn1c(-c2ccccn2)n[nH]c1=S)C(C)C. The van der Waals surface area contributed by atoms with Gasteiger partial charge in [0.15, 0.2) is 10.6 Å². The summed E-state index contributed by atoms with van der Waals surface area (Å²) in [5, 5.41) is 7.24. The van der Waals surface area contributed by atoms with E-state index in [0.717, 1.165) is 18.1 Å². The lowest BCUT2D eigenvalue weighted by molar-refractivity contribution is 0.251. The average molecular weight is 290 g/mol. The normalized spacial score (nSPS) is 11.8. The van der Waals surface area contributed by atoms with E-state index in [2.05, 4.69) is 47.4 Å². The molecule has 4 nitrogen and oxygen atoms in total. The van der Waals surface area contributed by atoms with Gasteiger partial charge in [0, 0.05) is 12.7 Å². The first-order chi connectivity index (χ1) is 9.50. The van der Waals surface area contributed by atoms with Crippen molar-refractivity contribution in [2.45, 2.75) is 34.2 Å². The van der Waals surface area contributed by atoms with E-state index >= 15 is 0 Å². The van der Waals surface area contributed by atoms with Gasteiger partial charge in [-0.1, -0.05) is 33.8 Å². The lowest BCUT2D eigenvalue weighted by atomic mass is 9.85.